The van der Waals surface area contributed by atoms with Crippen LogP contribution in [0.3, 0.4) is 0 Å². The van der Waals surface area contributed by atoms with E-state index in [2.05, 4.69) is 15.4 Å². The summed E-state index contributed by atoms with van der Waals surface area (Å²) in [6.07, 6.45) is 7.03. The summed E-state index contributed by atoms with van der Waals surface area (Å²) in [5.74, 6) is -0.146. The van der Waals surface area contributed by atoms with Crippen molar-refractivity contribution < 1.29 is 4.79 Å². The van der Waals surface area contributed by atoms with Crippen LogP contribution >= 0.6 is 0 Å². The maximum absolute atomic E-state index is 12.4. The molecule has 0 saturated carbocycles. The molecule has 4 aromatic rings. The number of aromatic nitrogens is 4. The average Bonchev–Trinajstić information content (AvgIpc) is 3.36. The number of hydrogen-bond acceptors (Lipinski definition) is 3. The number of benzene rings is 2. The summed E-state index contributed by atoms with van der Waals surface area (Å²) in [6.45, 7) is 0. The van der Waals surface area contributed by atoms with Crippen LogP contribution in [-0.2, 0) is 0 Å². The predicted molar refractivity (Wildman–Crippen MR) is 95.1 cm³/mol. The summed E-state index contributed by atoms with van der Waals surface area (Å²) in [4.78, 5) is 16.3. The molecule has 0 aliphatic rings. The first-order valence-electron chi connectivity index (χ1n) is 7.79. The second-order valence-electron chi connectivity index (χ2n) is 5.48. The first-order chi connectivity index (χ1) is 12.3. The van der Waals surface area contributed by atoms with E-state index in [0.29, 0.717) is 5.56 Å². The lowest BCUT2D eigenvalue weighted by Gasteiger charge is -2.08. The number of carbonyl (C=O) groups excluding carboxylic acids is 1. The molecule has 2 heterocycles. The maximum atomic E-state index is 12.4. The smallest absolute Gasteiger partial charge is 0.255 e. The van der Waals surface area contributed by atoms with Crippen molar-refractivity contribution >= 4 is 11.6 Å². The van der Waals surface area contributed by atoms with Crippen molar-refractivity contribution in [2.75, 3.05) is 5.32 Å². The lowest BCUT2D eigenvalue weighted by atomic mass is 10.2. The van der Waals surface area contributed by atoms with Crippen LogP contribution in [0.2, 0.25) is 0 Å². The molecule has 0 aliphatic carbocycles. The fourth-order valence-electron chi connectivity index (χ4n) is 2.53. The van der Waals surface area contributed by atoms with Crippen molar-refractivity contribution in [2.45, 2.75) is 0 Å². The predicted octanol–water partition coefficient (Wildman–Crippen LogP) is 3.31. The Bertz CT molecular complexity index is 956. The summed E-state index contributed by atoms with van der Waals surface area (Å²) in [6, 6.07) is 18.8. The molecule has 2 aromatic carbocycles. The van der Waals surface area contributed by atoms with E-state index >= 15 is 0 Å². The van der Waals surface area contributed by atoms with Crippen molar-refractivity contribution in [3.05, 3.63) is 91.3 Å². The molecule has 25 heavy (non-hydrogen) atoms. The number of rotatable bonds is 4. The van der Waals surface area contributed by atoms with Gasteiger partial charge in [0.2, 0.25) is 0 Å². The van der Waals surface area contributed by atoms with Gasteiger partial charge >= 0.3 is 0 Å². The van der Waals surface area contributed by atoms with E-state index in [0.717, 1.165) is 17.1 Å². The zero-order valence-electron chi connectivity index (χ0n) is 13.3. The van der Waals surface area contributed by atoms with Gasteiger partial charge in [0.1, 0.15) is 12.7 Å². The first-order valence-corrected chi connectivity index (χ1v) is 7.79. The molecule has 2 aromatic heterocycles. The molecule has 0 bridgehead atoms. The van der Waals surface area contributed by atoms with Gasteiger partial charge < -0.3 is 9.88 Å². The Balaban J connectivity index is 1.46. The van der Waals surface area contributed by atoms with Crippen molar-refractivity contribution in [1.82, 2.24) is 19.3 Å². The fourth-order valence-corrected chi connectivity index (χ4v) is 2.53. The minimum atomic E-state index is -0.146. The Morgan fingerprint density at radius 3 is 2.20 bits per heavy atom. The van der Waals surface area contributed by atoms with Crippen molar-refractivity contribution in [2.24, 2.45) is 0 Å². The highest BCUT2D eigenvalue weighted by Crippen LogP contribution is 2.15. The van der Waals surface area contributed by atoms with Crippen LogP contribution in [0, 0.1) is 0 Å². The van der Waals surface area contributed by atoms with Crippen molar-refractivity contribution in [3.63, 3.8) is 0 Å². The molecule has 0 atom stereocenters. The standard InChI is InChI=1S/C19H15N5O/c25-19(15-3-7-17(8-4-15)23-11-1-2-12-23)22-16-5-9-18(10-6-16)24-14-20-13-21-24/h1-14H,(H,22,25). The highest BCUT2D eigenvalue weighted by Gasteiger charge is 2.07. The number of anilines is 1. The van der Waals surface area contributed by atoms with Gasteiger partial charge in [-0.15, -0.1) is 0 Å². The maximum Gasteiger partial charge on any atom is 0.255 e. The average molecular weight is 329 g/mol. The Labute approximate surface area is 144 Å². The van der Waals surface area contributed by atoms with Crippen LogP contribution in [0.25, 0.3) is 11.4 Å². The molecule has 0 fully saturated rings. The molecule has 6 nitrogen and oxygen atoms in total. The summed E-state index contributed by atoms with van der Waals surface area (Å²) in [5, 5.41) is 6.96. The van der Waals surface area contributed by atoms with Gasteiger partial charge in [0.25, 0.3) is 5.91 Å². The number of nitrogens with one attached hydrogen (secondary N) is 1. The Hall–Kier alpha value is -3.67. The van der Waals surface area contributed by atoms with Gasteiger partial charge in [0, 0.05) is 29.3 Å². The Kier molecular flexibility index (Phi) is 3.84. The molecule has 0 unspecified atom stereocenters. The lowest BCUT2D eigenvalue weighted by molar-refractivity contribution is 0.102. The number of hydrogen-bond donors (Lipinski definition) is 1. The van der Waals surface area contributed by atoms with Gasteiger partial charge in [-0.1, -0.05) is 0 Å². The normalized spacial score (nSPS) is 10.6. The van der Waals surface area contributed by atoms with Gasteiger partial charge in [-0.2, -0.15) is 5.10 Å². The molecule has 0 spiro atoms. The fraction of sp³-hybridized carbons (Fsp3) is 0. The van der Waals surface area contributed by atoms with Gasteiger partial charge in [0.05, 0.1) is 5.69 Å². The van der Waals surface area contributed by atoms with Gasteiger partial charge in [-0.25, -0.2) is 9.67 Å². The van der Waals surface area contributed by atoms with Gasteiger partial charge in [-0.05, 0) is 60.7 Å². The molecule has 6 heteroatoms. The molecule has 0 radical (unpaired) electrons. The second-order valence-corrected chi connectivity index (χ2v) is 5.48. The Morgan fingerprint density at radius 1 is 0.880 bits per heavy atom. The zero-order chi connectivity index (χ0) is 17.1. The van der Waals surface area contributed by atoms with Crippen molar-refractivity contribution in [1.29, 1.82) is 0 Å². The molecule has 1 N–H and O–H groups in total. The first kappa shape index (κ1) is 14.9. The van der Waals surface area contributed by atoms with E-state index in [1.54, 1.807) is 11.0 Å². The van der Waals surface area contributed by atoms with Crippen LogP contribution in [0.5, 0.6) is 0 Å². The van der Waals surface area contributed by atoms with E-state index < -0.39 is 0 Å². The number of amides is 1. The molecule has 0 saturated heterocycles. The topological polar surface area (TPSA) is 64.7 Å². The van der Waals surface area contributed by atoms with Gasteiger partial charge in [-0.3, -0.25) is 4.79 Å². The van der Waals surface area contributed by atoms with Crippen LogP contribution in [-0.4, -0.2) is 25.2 Å². The SMILES string of the molecule is O=C(Nc1ccc(-n2cncn2)cc1)c1ccc(-n2cccc2)cc1. The summed E-state index contributed by atoms with van der Waals surface area (Å²) >= 11 is 0. The molecular weight excluding hydrogens is 314 g/mol. The lowest BCUT2D eigenvalue weighted by Crippen LogP contribution is -2.12. The van der Waals surface area contributed by atoms with Crippen LogP contribution in [0.4, 0.5) is 5.69 Å². The van der Waals surface area contributed by atoms with Gasteiger partial charge in [0.15, 0.2) is 0 Å². The minimum Gasteiger partial charge on any atom is -0.324 e. The van der Waals surface area contributed by atoms with Crippen molar-refractivity contribution in [3.8, 4) is 11.4 Å². The molecule has 1 amide bonds. The van der Waals surface area contributed by atoms with E-state index in [4.69, 9.17) is 0 Å². The second kappa shape index (κ2) is 6.45. The van der Waals surface area contributed by atoms with Crippen LogP contribution < -0.4 is 5.32 Å². The molecule has 122 valence electrons. The molecule has 4 rings (SSSR count). The quantitative estimate of drug-likeness (QED) is 0.625. The highest BCUT2D eigenvalue weighted by atomic mass is 16.1. The third-order valence-corrected chi connectivity index (χ3v) is 3.84. The van der Waals surface area contributed by atoms with E-state index in [1.807, 2.05) is 77.6 Å². The van der Waals surface area contributed by atoms with E-state index in [1.165, 1.54) is 6.33 Å². The number of nitrogens with zero attached hydrogens (tertiary/aromatic N) is 4. The minimum absolute atomic E-state index is 0.146. The Morgan fingerprint density at radius 2 is 1.56 bits per heavy atom. The third-order valence-electron chi connectivity index (χ3n) is 3.84. The molecular formula is C19H15N5O. The van der Waals surface area contributed by atoms with Crippen LogP contribution in [0.15, 0.2) is 85.7 Å². The summed E-state index contributed by atoms with van der Waals surface area (Å²) < 4.78 is 3.65. The zero-order valence-corrected chi connectivity index (χ0v) is 13.3. The summed E-state index contributed by atoms with van der Waals surface area (Å²) in [5.41, 5.74) is 3.23. The van der Waals surface area contributed by atoms with Crippen LogP contribution in [0.1, 0.15) is 10.4 Å². The highest BCUT2D eigenvalue weighted by molar-refractivity contribution is 6.04. The number of carbonyl (C=O) groups is 1. The third kappa shape index (κ3) is 3.18. The van der Waals surface area contributed by atoms with E-state index in [-0.39, 0.29) is 5.91 Å². The van der Waals surface area contributed by atoms with E-state index in [9.17, 15) is 4.79 Å². The summed E-state index contributed by atoms with van der Waals surface area (Å²) in [7, 11) is 0. The largest absolute Gasteiger partial charge is 0.324 e. The monoisotopic (exact) mass is 329 g/mol. The molecule has 0 aliphatic heterocycles.